The number of nitrogens with zero attached hydrogens (tertiary/aromatic N) is 1. The Balaban J connectivity index is 2.05. The molecule has 6 heteroatoms. The molecule has 2 rings (SSSR count). The number of aliphatic hydroxyl groups excluding tert-OH is 1. The van der Waals surface area contributed by atoms with Gasteiger partial charge in [0.15, 0.2) is 0 Å². The fourth-order valence-electron chi connectivity index (χ4n) is 2.42. The fourth-order valence-corrected chi connectivity index (χ4v) is 2.42. The van der Waals surface area contributed by atoms with Crippen molar-refractivity contribution in [2.45, 2.75) is 38.3 Å². The maximum Gasteiger partial charge on any atom is 0.326 e. The number of anilines is 1. The van der Waals surface area contributed by atoms with Gasteiger partial charge in [-0.05, 0) is 23.6 Å². The number of carboxylic acids is 1. The molecular weight excluding hydrogens is 272 g/mol. The lowest BCUT2D eigenvalue weighted by Crippen LogP contribution is -2.43. The lowest BCUT2D eigenvalue weighted by atomic mass is 10.0. The van der Waals surface area contributed by atoms with E-state index in [0.29, 0.717) is 11.6 Å². The summed E-state index contributed by atoms with van der Waals surface area (Å²) in [5.74, 6) is -0.697. The van der Waals surface area contributed by atoms with Crippen molar-refractivity contribution in [1.82, 2.24) is 4.90 Å². The van der Waals surface area contributed by atoms with Gasteiger partial charge in [0.25, 0.3) is 0 Å². The minimum absolute atomic E-state index is 0.0346. The first kappa shape index (κ1) is 15.3. The molecule has 114 valence electrons. The molecule has 21 heavy (non-hydrogen) atoms. The van der Waals surface area contributed by atoms with Crippen LogP contribution in [0, 0.1) is 0 Å². The quantitative estimate of drug-likeness (QED) is 0.793. The van der Waals surface area contributed by atoms with Gasteiger partial charge in [0.05, 0.1) is 6.10 Å². The second-order valence-electron chi connectivity index (χ2n) is 5.60. The maximum absolute atomic E-state index is 12.1. The third-order valence-corrected chi connectivity index (χ3v) is 3.65. The molecule has 0 saturated carbocycles. The molecule has 0 unspecified atom stereocenters. The first-order valence-corrected chi connectivity index (χ1v) is 6.97. The Kier molecular flexibility index (Phi) is 4.47. The zero-order chi connectivity index (χ0) is 15.6. The van der Waals surface area contributed by atoms with E-state index >= 15 is 0 Å². The highest BCUT2D eigenvalue weighted by molar-refractivity contribution is 5.92. The van der Waals surface area contributed by atoms with Crippen molar-refractivity contribution in [2.24, 2.45) is 0 Å². The Morgan fingerprint density at radius 1 is 1.29 bits per heavy atom. The van der Waals surface area contributed by atoms with Crippen LogP contribution in [0.1, 0.15) is 31.7 Å². The number of aliphatic hydroxyl groups is 1. The third kappa shape index (κ3) is 3.52. The summed E-state index contributed by atoms with van der Waals surface area (Å²) in [6.45, 7) is 4.19. The van der Waals surface area contributed by atoms with Crippen molar-refractivity contribution < 1.29 is 19.8 Å². The Bertz CT molecular complexity index is 527. The van der Waals surface area contributed by atoms with E-state index in [-0.39, 0.29) is 13.0 Å². The number of β-amino-alcohol motifs (C(OH)–C–C–N with tert-alkyl or cyclic N) is 1. The number of urea groups is 1. The highest BCUT2D eigenvalue weighted by Gasteiger charge is 2.38. The summed E-state index contributed by atoms with van der Waals surface area (Å²) >= 11 is 0. The zero-order valence-electron chi connectivity index (χ0n) is 12.1. The molecule has 1 heterocycles. The highest BCUT2D eigenvalue weighted by Crippen LogP contribution is 2.21. The Hall–Kier alpha value is -2.08. The molecule has 2 amide bonds. The van der Waals surface area contributed by atoms with Gasteiger partial charge in [0.1, 0.15) is 6.04 Å². The van der Waals surface area contributed by atoms with Crippen LogP contribution >= 0.6 is 0 Å². The van der Waals surface area contributed by atoms with Gasteiger partial charge in [-0.15, -0.1) is 0 Å². The van der Waals surface area contributed by atoms with Gasteiger partial charge in [0, 0.05) is 18.7 Å². The molecule has 0 aliphatic carbocycles. The highest BCUT2D eigenvalue weighted by atomic mass is 16.4. The van der Waals surface area contributed by atoms with E-state index < -0.39 is 24.1 Å². The monoisotopic (exact) mass is 292 g/mol. The van der Waals surface area contributed by atoms with Crippen LogP contribution in [0.2, 0.25) is 0 Å². The summed E-state index contributed by atoms with van der Waals surface area (Å²) < 4.78 is 0. The van der Waals surface area contributed by atoms with Crippen LogP contribution < -0.4 is 5.32 Å². The number of nitrogens with one attached hydrogen (secondary N) is 1. The average molecular weight is 292 g/mol. The van der Waals surface area contributed by atoms with Gasteiger partial charge in [-0.2, -0.15) is 0 Å². The third-order valence-electron chi connectivity index (χ3n) is 3.65. The number of amides is 2. The molecule has 1 fully saturated rings. The molecule has 1 aromatic carbocycles. The van der Waals surface area contributed by atoms with Crippen LogP contribution in [0.5, 0.6) is 0 Å². The standard InChI is InChI=1S/C15H20N2O4/c1-9(2)10-3-5-11(6-4-10)16-15(21)17-8-12(18)7-13(17)14(19)20/h3-6,9,12-13,18H,7-8H2,1-2H3,(H,16,21)(H,19,20)/t12-,13-/m1/s1. The van der Waals surface area contributed by atoms with E-state index in [1.807, 2.05) is 12.1 Å². The van der Waals surface area contributed by atoms with Crippen molar-refractivity contribution in [3.05, 3.63) is 29.8 Å². The van der Waals surface area contributed by atoms with Crippen molar-refractivity contribution in [2.75, 3.05) is 11.9 Å². The lowest BCUT2D eigenvalue weighted by molar-refractivity contribution is -0.141. The zero-order valence-corrected chi connectivity index (χ0v) is 12.1. The van der Waals surface area contributed by atoms with Crippen LogP contribution in [0.25, 0.3) is 0 Å². The van der Waals surface area contributed by atoms with Gasteiger partial charge in [-0.3, -0.25) is 0 Å². The molecular formula is C15H20N2O4. The van der Waals surface area contributed by atoms with Crippen LogP contribution in [0.3, 0.4) is 0 Å². The number of likely N-dealkylation sites (tertiary alicyclic amines) is 1. The molecule has 1 aliphatic rings. The minimum atomic E-state index is -1.10. The van der Waals surface area contributed by atoms with Crippen LogP contribution in [0.15, 0.2) is 24.3 Å². The summed E-state index contributed by atoms with van der Waals surface area (Å²) in [5, 5.41) is 21.3. The number of carbonyl (C=O) groups is 2. The SMILES string of the molecule is CC(C)c1ccc(NC(=O)N2C[C@H](O)C[C@@H]2C(=O)O)cc1. The molecule has 2 atom stereocenters. The Morgan fingerprint density at radius 2 is 1.90 bits per heavy atom. The van der Waals surface area contributed by atoms with E-state index in [1.54, 1.807) is 12.1 Å². The van der Waals surface area contributed by atoms with Gasteiger partial charge in [-0.25, -0.2) is 9.59 Å². The Morgan fingerprint density at radius 3 is 2.43 bits per heavy atom. The molecule has 0 spiro atoms. The molecule has 0 bridgehead atoms. The van der Waals surface area contributed by atoms with E-state index in [9.17, 15) is 14.7 Å². The number of carbonyl (C=O) groups excluding carboxylic acids is 1. The summed E-state index contributed by atoms with van der Waals surface area (Å²) in [4.78, 5) is 24.4. The number of aliphatic carboxylic acids is 1. The van der Waals surface area contributed by atoms with Crippen molar-refractivity contribution in [1.29, 1.82) is 0 Å². The minimum Gasteiger partial charge on any atom is -0.480 e. The fraction of sp³-hybridized carbons (Fsp3) is 0.467. The molecule has 0 aromatic heterocycles. The molecule has 6 nitrogen and oxygen atoms in total. The van der Waals surface area contributed by atoms with Crippen molar-refractivity contribution in [3.8, 4) is 0 Å². The molecule has 1 aliphatic heterocycles. The maximum atomic E-state index is 12.1. The normalized spacial score (nSPS) is 21.6. The van der Waals surface area contributed by atoms with Crippen LogP contribution in [-0.4, -0.2) is 45.8 Å². The van der Waals surface area contributed by atoms with Crippen molar-refractivity contribution in [3.63, 3.8) is 0 Å². The number of hydrogen-bond donors (Lipinski definition) is 3. The van der Waals surface area contributed by atoms with E-state index in [1.165, 1.54) is 0 Å². The molecule has 1 aromatic rings. The predicted octanol–water partition coefficient (Wildman–Crippen LogP) is 1.86. The molecule has 1 saturated heterocycles. The number of benzene rings is 1. The number of rotatable bonds is 3. The van der Waals surface area contributed by atoms with Crippen LogP contribution in [-0.2, 0) is 4.79 Å². The van der Waals surface area contributed by atoms with Crippen molar-refractivity contribution >= 4 is 17.7 Å². The summed E-state index contributed by atoms with van der Waals surface area (Å²) in [5.41, 5.74) is 1.77. The second-order valence-corrected chi connectivity index (χ2v) is 5.60. The molecule has 0 radical (unpaired) electrons. The smallest absolute Gasteiger partial charge is 0.326 e. The largest absolute Gasteiger partial charge is 0.480 e. The lowest BCUT2D eigenvalue weighted by Gasteiger charge is -2.21. The summed E-state index contributed by atoms with van der Waals surface area (Å²) in [6, 6.07) is 5.94. The van der Waals surface area contributed by atoms with Crippen LogP contribution in [0.4, 0.5) is 10.5 Å². The van der Waals surface area contributed by atoms with E-state index in [4.69, 9.17) is 5.11 Å². The number of carboxylic acid groups (broad SMARTS) is 1. The number of hydrogen-bond acceptors (Lipinski definition) is 3. The first-order chi connectivity index (χ1) is 9.88. The Labute approximate surface area is 123 Å². The summed E-state index contributed by atoms with van der Waals surface area (Å²) in [7, 11) is 0. The van der Waals surface area contributed by atoms with Gasteiger partial charge >= 0.3 is 12.0 Å². The first-order valence-electron chi connectivity index (χ1n) is 6.97. The summed E-state index contributed by atoms with van der Waals surface area (Å²) in [6.07, 6.45) is -0.727. The van der Waals surface area contributed by atoms with Gasteiger partial charge < -0.3 is 20.4 Å². The van der Waals surface area contributed by atoms with E-state index in [2.05, 4.69) is 19.2 Å². The molecule has 3 N–H and O–H groups in total. The van der Waals surface area contributed by atoms with Gasteiger partial charge in [-0.1, -0.05) is 26.0 Å². The topological polar surface area (TPSA) is 89.9 Å². The second kappa shape index (κ2) is 6.13. The van der Waals surface area contributed by atoms with Gasteiger partial charge in [0.2, 0.25) is 0 Å². The average Bonchev–Trinajstić information content (AvgIpc) is 2.82. The predicted molar refractivity (Wildman–Crippen MR) is 78.3 cm³/mol. The van der Waals surface area contributed by atoms with E-state index in [0.717, 1.165) is 10.5 Å².